The molecule has 0 aliphatic rings. The summed E-state index contributed by atoms with van der Waals surface area (Å²) in [6.07, 6.45) is 2.06. The molecule has 0 amide bonds. The number of aliphatic carboxylic acids is 5. The van der Waals surface area contributed by atoms with E-state index >= 15 is 0 Å². The van der Waals surface area contributed by atoms with Crippen molar-refractivity contribution in [2.24, 2.45) is 29.1 Å². The monoisotopic (exact) mass is 1370 g/mol. The topological polar surface area (TPSA) is 376 Å². The van der Waals surface area contributed by atoms with E-state index in [0.29, 0.717) is 50.4 Å². The number of aromatic hydroxyl groups is 1. The molecular formula is C70H107F3O23. The molecule has 0 spiro atoms. The summed E-state index contributed by atoms with van der Waals surface area (Å²) < 4.78 is 60.3. The second-order valence-corrected chi connectivity index (χ2v) is 22.0. The summed E-state index contributed by atoms with van der Waals surface area (Å²) in [5.74, 6) is -7.52. The van der Waals surface area contributed by atoms with Crippen LogP contribution < -0.4 is 0 Å². The number of rotatable bonds is 31. The van der Waals surface area contributed by atoms with Gasteiger partial charge in [0, 0.05) is 13.3 Å². The van der Waals surface area contributed by atoms with Gasteiger partial charge >= 0.3 is 65.9 Å². The third-order valence-corrected chi connectivity index (χ3v) is 14.3. The third kappa shape index (κ3) is 49.9. The van der Waals surface area contributed by atoms with Crippen LogP contribution in [0, 0.1) is 29.1 Å². The highest BCUT2D eigenvalue weighted by molar-refractivity contribution is 6.02. The van der Waals surface area contributed by atoms with E-state index in [1.54, 1.807) is 39.0 Å². The normalized spacial score (nSPS) is 12.6. The molecule has 0 aromatic heterocycles. The number of halogens is 3. The van der Waals surface area contributed by atoms with Crippen molar-refractivity contribution in [1.82, 2.24) is 0 Å². The first-order valence-corrected chi connectivity index (χ1v) is 31.9. The lowest BCUT2D eigenvalue weighted by atomic mass is 9.87. The lowest BCUT2D eigenvalue weighted by Crippen LogP contribution is -2.41. The van der Waals surface area contributed by atoms with Crippen molar-refractivity contribution in [3.63, 3.8) is 0 Å². The smallest absolute Gasteiger partial charge is 0.404 e. The molecule has 7 atom stereocenters. The van der Waals surface area contributed by atoms with Crippen molar-refractivity contribution in [2.75, 3.05) is 33.0 Å². The van der Waals surface area contributed by atoms with Gasteiger partial charge in [-0.05, 0) is 118 Å². The van der Waals surface area contributed by atoms with Crippen LogP contribution in [0.5, 0.6) is 5.75 Å². The first-order valence-electron chi connectivity index (χ1n) is 31.9. The Labute approximate surface area is 563 Å². The molecule has 7 unspecified atom stereocenters. The summed E-state index contributed by atoms with van der Waals surface area (Å²) in [4.78, 5) is 117. The molecule has 0 radical (unpaired) electrons. The van der Waals surface area contributed by atoms with Crippen molar-refractivity contribution in [2.45, 2.75) is 205 Å². The molecule has 3 aromatic rings. The molecule has 0 saturated carbocycles. The van der Waals surface area contributed by atoms with E-state index < -0.39 is 65.8 Å². The Bertz CT molecular complexity index is 2680. The number of aromatic carboxylic acids is 1. The van der Waals surface area contributed by atoms with E-state index in [1.807, 2.05) is 46.8 Å². The lowest BCUT2D eigenvalue weighted by Gasteiger charge is -2.25. The Morgan fingerprint density at radius 1 is 0.438 bits per heavy atom. The van der Waals surface area contributed by atoms with E-state index in [1.165, 1.54) is 42.7 Å². The van der Waals surface area contributed by atoms with E-state index in [4.69, 9.17) is 59.5 Å². The van der Waals surface area contributed by atoms with E-state index in [9.17, 15) is 61.1 Å². The summed E-state index contributed by atoms with van der Waals surface area (Å²) in [5, 5.41) is 58.5. The number of esters is 5. The van der Waals surface area contributed by atoms with Crippen molar-refractivity contribution in [1.29, 1.82) is 0 Å². The highest BCUT2D eigenvalue weighted by Crippen LogP contribution is 2.40. The number of hydrogen-bond donors (Lipinski definition) is 7. The molecule has 23 nitrogen and oxygen atoms in total. The number of carboxylic acid groups (broad SMARTS) is 6. The maximum Gasteiger partial charge on any atom is 0.404 e. The number of phenols is 1. The summed E-state index contributed by atoms with van der Waals surface area (Å²) in [6, 6.07) is 23.8. The zero-order valence-corrected chi connectivity index (χ0v) is 58.5. The van der Waals surface area contributed by atoms with Crippen LogP contribution in [0.15, 0.2) is 78.9 Å². The quantitative estimate of drug-likeness (QED) is 0.0179. The minimum Gasteiger partial charge on any atom is -0.508 e. The minimum absolute atomic E-state index is 0.00197. The van der Waals surface area contributed by atoms with Crippen LogP contribution in [0.25, 0.3) is 0 Å². The number of benzene rings is 3. The highest BCUT2D eigenvalue weighted by Gasteiger charge is 2.55. The molecule has 3 rings (SSSR count). The van der Waals surface area contributed by atoms with Crippen LogP contribution in [-0.2, 0) is 66.8 Å². The minimum atomic E-state index is -4.67. The maximum atomic E-state index is 12.0. The van der Waals surface area contributed by atoms with Gasteiger partial charge < -0.3 is 59.4 Å². The number of hydrogen-bond acceptors (Lipinski definition) is 17. The van der Waals surface area contributed by atoms with Gasteiger partial charge in [-0.15, -0.1) is 0 Å². The molecule has 0 aliphatic heterocycles. The molecule has 546 valence electrons. The van der Waals surface area contributed by atoms with Crippen LogP contribution in [0.4, 0.5) is 13.2 Å². The molecule has 0 aliphatic carbocycles. The largest absolute Gasteiger partial charge is 0.508 e. The maximum absolute atomic E-state index is 12.0. The predicted octanol–water partition coefficient (Wildman–Crippen LogP) is 14.7. The van der Waals surface area contributed by atoms with Gasteiger partial charge in [0.2, 0.25) is 0 Å². The van der Waals surface area contributed by atoms with Gasteiger partial charge in [-0.3, -0.25) is 43.2 Å². The molecule has 0 fully saturated rings. The number of unbranched alkanes of at least 4 members (excludes halogenated alkanes) is 2. The highest BCUT2D eigenvalue weighted by atomic mass is 19.4. The van der Waals surface area contributed by atoms with Crippen LogP contribution in [-0.4, -0.2) is 141 Å². The first kappa shape index (κ1) is 96.1. The fraction of sp³-hybridized carbons (Fsp3) is 0.586. The Kier molecular flexibility index (Phi) is 56.8. The van der Waals surface area contributed by atoms with Gasteiger partial charge in [0.05, 0.1) is 54.2 Å². The fourth-order valence-corrected chi connectivity index (χ4v) is 6.14. The van der Waals surface area contributed by atoms with Crippen molar-refractivity contribution >= 4 is 65.7 Å². The summed E-state index contributed by atoms with van der Waals surface area (Å²) >= 11 is 0. The van der Waals surface area contributed by atoms with E-state index in [-0.39, 0.29) is 98.4 Å². The number of carboxylic acids is 6. The van der Waals surface area contributed by atoms with Crippen LogP contribution >= 0.6 is 0 Å². The molecule has 0 saturated heterocycles. The Balaban J connectivity index is -0.000000339. The average molecular weight is 1370 g/mol. The third-order valence-electron chi connectivity index (χ3n) is 14.3. The Hall–Kier alpha value is -8.58. The lowest BCUT2D eigenvalue weighted by molar-refractivity contribution is -0.227. The van der Waals surface area contributed by atoms with E-state index in [0.717, 1.165) is 39.0 Å². The second kappa shape index (κ2) is 56.7. The van der Waals surface area contributed by atoms with Crippen molar-refractivity contribution in [3.05, 3.63) is 101 Å². The SMILES string of the molecule is CC(=O)O.CCC(C)(C(=O)O)C(F)(F)F.CCC(C)C(=O)O.CCC(C)C(=O)OCCCCCC(=O)O.CCC(C)C(=O)OCCOC(=O)CCC(=O)O.CCC(C)C(=O)OCCOC(=O)c1ccccc1C(=O)O.CCC(C)c1ccc(O)cc1.CCC(C)c1ccccc1. The molecule has 7 N–H and O–H groups in total. The summed E-state index contributed by atoms with van der Waals surface area (Å²) in [7, 11) is 0. The van der Waals surface area contributed by atoms with Gasteiger partial charge in [-0.25, -0.2) is 9.59 Å². The van der Waals surface area contributed by atoms with Crippen LogP contribution in [0.1, 0.15) is 231 Å². The Morgan fingerprint density at radius 3 is 1.15 bits per heavy atom. The zero-order valence-electron chi connectivity index (χ0n) is 58.5. The zero-order chi connectivity index (χ0) is 75.2. The number of carbonyl (C=O) groups is 11. The second-order valence-electron chi connectivity index (χ2n) is 22.0. The summed E-state index contributed by atoms with van der Waals surface area (Å²) in [5.41, 5.74) is -0.0137. The standard InChI is InChI=1S/C15H18O6.C11H18O6.C11H20O4.C10H14O.C10H14.C6H9F3O2.C5H10O2.C2H4O2/c1-3-10(2)14(18)20-8-9-21-15(19)12-7-5-4-6-11(12)13(16)17;1-3-8(2)11(15)17-7-6-16-10(14)5-4-9(12)13;1-3-9(2)11(14)15-8-6-4-5-7-10(12)13;1-3-8(2)9-4-6-10(11)7-5-9;1-3-9(2)10-7-5-4-6-8-10;1-3-5(2,4(10)11)6(7,8)9;1-3-4(2)5(6)7;1-2(3)4/h4-7,10H,3,8-9H2,1-2H3,(H,16,17);8H,3-7H2,1-2H3,(H,12,13);9H,3-8H2,1-2H3,(H,12,13);4-8,11H,3H2,1-2H3;4-9H,3H2,1-2H3;3H2,1-2H3,(H,10,11);4H,3H2,1-2H3,(H,6,7);1H3,(H,3,4). The van der Waals surface area contributed by atoms with Gasteiger partial charge in [-0.2, -0.15) is 13.2 Å². The number of alkyl halides is 3. The van der Waals surface area contributed by atoms with Crippen LogP contribution in [0.3, 0.4) is 0 Å². The molecule has 96 heavy (non-hydrogen) atoms. The number of carbonyl (C=O) groups excluding carboxylic acids is 5. The van der Waals surface area contributed by atoms with Crippen molar-refractivity contribution < 1.29 is 125 Å². The van der Waals surface area contributed by atoms with Gasteiger partial charge in [-0.1, -0.05) is 145 Å². The van der Waals surface area contributed by atoms with E-state index in [2.05, 4.69) is 62.8 Å². The van der Waals surface area contributed by atoms with Crippen molar-refractivity contribution in [3.8, 4) is 5.75 Å². The molecule has 3 aromatic carbocycles. The van der Waals surface area contributed by atoms with Gasteiger partial charge in [0.15, 0.2) is 5.41 Å². The molecule has 0 heterocycles. The fourth-order valence-electron chi connectivity index (χ4n) is 6.14. The molecule has 26 heteroatoms. The number of ether oxygens (including phenoxy) is 5. The average Bonchev–Trinajstić information content (AvgIpc) is 0.840. The van der Waals surface area contributed by atoms with Gasteiger partial charge in [0.1, 0.15) is 32.2 Å². The first-order chi connectivity index (χ1) is 44.8. The van der Waals surface area contributed by atoms with Gasteiger partial charge in [0.25, 0.3) is 5.97 Å². The number of phenolic OH excluding ortho intramolecular Hbond substituents is 1. The predicted molar refractivity (Wildman–Crippen MR) is 353 cm³/mol. The molecule has 0 bridgehead atoms. The summed E-state index contributed by atoms with van der Waals surface area (Å²) in [6.45, 7) is 26.6. The van der Waals surface area contributed by atoms with Crippen LogP contribution in [0.2, 0.25) is 0 Å². The molecular weight excluding hydrogens is 1270 g/mol. The Morgan fingerprint density at radius 2 is 0.812 bits per heavy atom.